The minimum absolute atomic E-state index is 0.0463. The third-order valence-corrected chi connectivity index (χ3v) is 1.48. The maximum absolute atomic E-state index is 10.3. The lowest BCUT2D eigenvalue weighted by Gasteiger charge is -2.02. The summed E-state index contributed by atoms with van der Waals surface area (Å²) in [5.41, 5.74) is 5.32. The largest absolute Gasteiger partial charge is 0.480 e. The van der Waals surface area contributed by atoms with Gasteiger partial charge in [-0.3, -0.25) is 4.79 Å². The highest BCUT2D eigenvalue weighted by Crippen LogP contribution is 1.97. The van der Waals surface area contributed by atoms with Gasteiger partial charge in [0.15, 0.2) is 0 Å². The van der Waals surface area contributed by atoms with Crippen molar-refractivity contribution in [3.8, 4) is 0 Å². The van der Waals surface area contributed by atoms with Crippen LogP contribution in [0.4, 0.5) is 0 Å². The predicted molar refractivity (Wildman–Crippen MR) is 42.6 cm³/mol. The first-order valence-electron chi connectivity index (χ1n) is 3.66. The van der Waals surface area contributed by atoms with Gasteiger partial charge in [0.05, 0.1) is 0 Å². The van der Waals surface area contributed by atoms with Crippen LogP contribution in [0.3, 0.4) is 0 Å². The van der Waals surface area contributed by atoms with Crippen LogP contribution >= 0.6 is 0 Å². The van der Waals surface area contributed by atoms with Gasteiger partial charge in [0.1, 0.15) is 12.4 Å². The van der Waals surface area contributed by atoms with Gasteiger partial charge in [0, 0.05) is 18.8 Å². The fourth-order valence-electron chi connectivity index (χ4n) is 0.987. The van der Waals surface area contributed by atoms with Crippen molar-refractivity contribution in [2.75, 3.05) is 6.54 Å². The lowest BCUT2D eigenvalue weighted by atomic mass is 10.4. The van der Waals surface area contributed by atoms with E-state index >= 15 is 0 Å². The summed E-state index contributed by atoms with van der Waals surface area (Å²) in [5, 5.41) is 8.50. The molecule has 5 nitrogen and oxygen atoms in total. The third kappa shape index (κ3) is 2.06. The van der Waals surface area contributed by atoms with Crippen molar-refractivity contribution in [1.29, 1.82) is 0 Å². The summed E-state index contributed by atoms with van der Waals surface area (Å²) in [5.74, 6) is -0.147. The van der Waals surface area contributed by atoms with Gasteiger partial charge in [0.25, 0.3) is 0 Å². The first-order valence-corrected chi connectivity index (χ1v) is 3.66. The first-order chi connectivity index (χ1) is 5.74. The average molecular weight is 169 g/mol. The van der Waals surface area contributed by atoms with E-state index in [1.807, 2.05) is 0 Å². The number of nitrogens with zero attached hydrogens (tertiary/aromatic N) is 2. The molecule has 0 aliphatic rings. The van der Waals surface area contributed by atoms with Gasteiger partial charge in [-0.15, -0.1) is 0 Å². The highest BCUT2D eigenvalue weighted by molar-refractivity contribution is 5.66. The summed E-state index contributed by atoms with van der Waals surface area (Å²) in [6.07, 6.45) is 3.83. The molecule has 1 rings (SSSR count). The van der Waals surface area contributed by atoms with Crippen molar-refractivity contribution < 1.29 is 9.90 Å². The van der Waals surface area contributed by atoms with Crippen LogP contribution in [0.25, 0.3) is 0 Å². The van der Waals surface area contributed by atoms with Crippen molar-refractivity contribution >= 4 is 5.97 Å². The van der Waals surface area contributed by atoms with E-state index in [0.717, 1.165) is 5.82 Å². The van der Waals surface area contributed by atoms with E-state index in [9.17, 15) is 4.79 Å². The van der Waals surface area contributed by atoms with Gasteiger partial charge in [-0.25, -0.2) is 4.98 Å². The molecule has 3 N–H and O–H groups in total. The second kappa shape index (κ2) is 3.87. The van der Waals surface area contributed by atoms with E-state index < -0.39 is 5.97 Å². The Labute approximate surface area is 69.8 Å². The monoisotopic (exact) mass is 169 g/mol. The highest BCUT2D eigenvalue weighted by atomic mass is 16.4. The Morgan fingerprint density at radius 2 is 2.50 bits per heavy atom. The molecular formula is C7H11N3O2. The SMILES string of the molecule is NCCc1nccn1CC(=O)O. The van der Waals surface area contributed by atoms with Crippen LogP contribution in [0.5, 0.6) is 0 Å². The normalized spacial score (nSPS) is 10.1. The Morgan fingerprint density at radius 3 is 3.08 bits per heavy atom. The summed E-state index contributed by atoms with van der Waals surface area (Å²) >= 11 is 0. The lowest BCUT2D eigenvalue weighted by Crippen LogP contribution is -2.14. The maximum Gasteiger partial charge on any atom is 0.323 e. The molecule has 0 bridgehead atoms. The molecule has 0 aromatic carbocycles. The molecule has 0 spiro atoms. The number of hydrogen-bond donors (Lipinski definition) is 2. The van der Waals surface area contributed by atoms with Crippen molar-refractivity contribution in [2.45, 2.75) is 13.0 Å². The molecule has 0 saturated heterocycles. The second-order valence-electron chi connectivity index (χ2n) is 2.40. The van der Waals surface area contributed by atoms with E-state index in [0.29, 0.717) is 13.0 Å². The van der Waals surface area contributed by atoms with E-state index in [2.05, 4.69) is 4.98 Å². The molecule has 0 atom stereocenters. The number of imidazole rings is 1. The number of carbonyl (C=O) groups is 1. The van der Waals surface area contributed by atoms with Gasteiger partial charge >= 0.3 is 5.97 Å². The van der Waals surface area contributed by atoms with E-state index in [1.165, 1.54) is 0 Å². The zero-order valence-electron chi connectivity index (χ0n) is 6.60. The summed E-state index contributed by atoms with van der Waals surface area (Å²) < 4.78 is 1.58. The molecule has 0 fully saturated rings. The average Bonchev–Trinajstić information content (AvgIpc) is 2.37. The Kier molecular flexibility index (Phi) is 2.82. The molecular weight excluding hydrogens is 158 g/mol. The number of nitrogens with two attached hydrogens (primary N) is 1. The molecule has 0 aliphatic heterocycles. The standard InChI is InChI=1S/C7H11N3O2/c8-2-1-6-9-3-4-10(6)5-7(11)12/h3-4H,1-2,5,8H2,(H,11,12). The zero-order valence-corrected chi connectivity index (χ0v) is 6.60. The first kappa shape index (κ1) is 8.73. The Balaban J connectivity index is 2.69. The van der Waals surface area contributed by atoms with Crippen molar-refractivity contribution in [3.63, 3.8) is 0 Å². The molecule has 1 heterocycles. The Morgan fingerprint density at radius 1 is 1.75 bits per heavy atom. The van der Waals surface area contributed by atoms with E-state index in [-0.39, 0.29) is 6.54 Å². The fourth-order valence-corrected chi connectivity index (χ4v) is 0.987. The van der Waals surface area contributed by atoms with Gasteiger partial charge in [-0.05, 0) is 6.54 Å². The van der Waals surface area contributed by atoms with Crippen LogP contribution in [0.2, 0.25) is 0 Å². The van der Waals surface area contributed by atoms with Crippen LogP contribution in [-0.2, 0) is 17.8 Å². The van der Waals surface area contributed by atoms with Gasteiger partial charge in [-0.2, -0.15) is 0 Å². The van der Waals surface area contributed by atoms with Crippen LogP contribution < -0.4 is 5.73 Å². The van der Waals surface area contributed by atoms with E-state index in [4.69, 9.17) is 10.8 Å². The lowest BCUT2D eigenvalue weighted by molar-refractivity contribution is -0.137. The molecule has 1 aromatic heterocycles. The number of aliphatic carboxylic acids is 1. The van der Waals surface area contributed by atoms with Crippen molar-refractivity contribution in [1.82, 2.24) is 9.55 Å². The molecule has 0 radical (unpaired) electrons. The maximum atomic E-state index is 10.3. The highest BCUT2D eigenvalue weighted by Gasteiger charge is 2.04. The minimum atomic E-state index is -0.869. The predicted octanol–water partition coefficient (Wildman–Crippen LogP) is -0.531. The topological polar surface area (TPSA) is 81.1 Å². The van der Waals surface area contributed by atoms with Crippen LogP contribution in [0.1, 0.15) is 5.82 Å². The molecule has 66 valence electrons. The Bertz CT molecular complexity index is 269. The minimum Gasteiger partial charge on any atom is -0.480 e. The van der Waals surface area contributed by atoms with Crippen LogP contribution in [0, 0.1) is 0 Å². The molecule has 12 heavy (non-hydrogen) atoms. The fraction of sp³-hybridized carbons (Fsp3) is 0.429. The molecule has 1 aromatic rings. The van der Waals surface area contributed by atoms with Crippen LogP contribution in [-0.4, -0.2) is 27.2 Å². The van der Waals surface area contributed by atoms with Gasteiger partial charge in [-0.1, -0.05) is 0 Å². The number of rotatable bonds is 4. The summed E-state index contributed by atoms with van der Waals surface area (Å²) in [6.45, 7) is 0.436. The number of hydrogen-bond acceptors (Lipinski definition) is 3. The second-order valence-corrected chi connectivity index (χ2v) is 2.40. The molecule has 0 saturated carbocycles. The summed E-state index contributed by atoms with van der Waals surface area (Å²) in [6, 6.07) is 0. The molecule has 0 unspecified atom stereocenters. The Hall–Kier alpha value is -1.36. The number of carboxylic acid groups (broad SMARTS) is 1. The third-order valence-electron chi connectivity index (χ3n) is 1.48. The van der Waals surface area contributed by atoms with Crippen molar-refractivity contribution in [2.24, 2.45) is 5.73 Å². The summed E-state index contributed by atoms with van der Waals surface area (Å²) in [4.78, 5) is 14.3. The molecule has 0 aliphatic carbocycles. The summed E-state index contributed by atoms with van der Waals surface area (Å²) in [7, 11) is 0. The van der Waals surface area contributed by atoms with Gasteiger partial charge < -0.3 is 15.4 Å². The van der Waals surface area contributed by atoms with Crippen molar-refractivity contribution in [3.05, 3.63) is 18.2 Å². The van der Waals surface area contributed by atoms with Gasteiger partial charge in [0.2, 0.25) is 0 Å². The number of carboxylic acids is 1. The van der Waals surface area contributed by atoms with Crippen LogP contribution in [0.15, 0.2) is 12.4 Å². The van der Waals surface area contributed by atoms with E-state index in [1.54, 1.807) is 17.0 Å². The zero-order chi connectivity index (χ0) is 8.97. The molecule has 0 amide bonds. The quantitative estimate of drug-likeness (QED) is 0.634. The number of aromatic nitrogens is 2. The molecule has 5 heteroatoms. The smallest absolute Gasteiger partial charge is 0.323 e.